The fourth-order valence-corrected chi connectivity index (χ4v) is 3.25. The van der Waals surface area contributed by atoms with E-state index in [2.05, 4.69) is 22.1 Å². The van der Waals surface area contributed by atoms with Gasteiger partial charge in [0, 0.05) is 24.3 Å². The first-order valence-corrected chi connectivity index (χ1v) is 8.80. The van der Waals surface area contributed by atoms with Crippen LogP contribution in [0.3, 0.4) is 0 Å². The van der Waals surface area contributed by atoms with E-state index in [1.54, 1.807) is 37.6 Å². The number of aromatic nitrogens is 1. The summed E-state index contributed by atoms with van der Waals surface area (Å²) in [6.45, 7) is 4.28. The summed E-state index contributed by atoms with van der Waals surface area (Å²) < 4.78 is 5.25. The number of ether oxygens (including phenoxy) is 1. The van der Waals surface area contributed by atoms with Crippen LogP contribution in [0.15, 0.2) is 36.5 Å². The summed E-state index contributed by atoms with van der Waals surface area (Å²) in [4.78, 5) is 19.2. The standard InChI is InChI=1S/C19H22ClN3O2/c1-13-4-3-9-23(12-13)18-8-5-14(11-21-18)19(24)22-16-10-15(20)6-7-17(16)25-2/h5-8,10-11,13H,3-4,9,12H2,1-2H3,(H,22,24). The van der Waals surface area contributed by atoms with E-state index in [4.69, 9.17) is 16.3 Å². The molecule has 1 fully saturated rings. The number of benzene rings is 1. The van der Waals surface area contributed by atoms with Gasteiger partial charge in [-0.25, -0.2) is 4.98 Å². The van der Waals surface area contributed by atoms with E-state index in [1.807, 2.05) is 6.07 Å². The molecule has 6 heteroatoms. The molecule has 0 saturated carbocycles. The summed E-state index contributed by atoms with van der Waals surface area (Å²) in [6.07, 6.45) is 4.05. The Bertz CT molecular complexity index is 749. The molecule has 0 aliphatic carbocycles. The topological polar surface area (TPSA) is 54.5 Å². The Morgan fingerprint density at radius 2 is 2.20 bits per heavy atom. The summed E-state index contributed by atoms with van der Waals surface area (Å²) in [6, 6.07) is 8.80. The molecule has 1 N–H and O–H groups in total. The molecule has 3 rings (SSSR count). The van der Waals surface area contributed by atoms with Crippen molar-refractivity contribution in [2.45, 2.75) is 19.8 Å². The highest BCUT2D eigenvalue weighted by molar-refractivity contribution is 6.31. The SMILES string of the molecule is COc1ccc(Cl)cc1NC(=O)c1ccc(N2CCCC(C)C2)nc1. The van der Waals surface area contributed by atoms with Crippen molar-refractivity contribution >= 4 is 29.0 Å². The molecule has 0 radical (unpaired) electrons. The number of pyridine rings is 1. The predicted octanol–water partition coefficient (Wildman–Crippen LogP) is 4.23. The van der Waals surface area contributed by atoms with Crippen LogP contribution in [0.5, 0.6) is 5.75 Å². The third-order valence-corrected chi connectivity index (χ3v) is 4.64. The lowest BCUT2D eigenvalue weighted by molar-refractivity contribution is 0.102. The van der Waals surface area contributed by atoms with Gasteiger partial charge in [0.05, 0.1) is 18.4 Å². The predicted molar refractivity (Wildman–Crippen MR) is 101 cm³/mol. The van der Waals surface area contributed by atoms with Gasteiger partial charge < -0.3 is 15.0 Å². The molecule has 2 heterocycles. The second kappa shape index (κ2) is 7.74. The van der Waals surface area contributed by atoms with Gasteiger partial charge in [0.2, 0.25) is 0 Å². The first-order valence-electron chi connectivity index (χ1n) is 8.42. The second-order valence-electron chi connectivity index (χ2n) is 6.40. The van der Waals surface area contributed by atoms with Gasteiger partial charge >= 0.3 is 0 Å². The van der Waals surface area contributed by atoms with Crippen LogP contribution in [0.4, 0.5) is 11.5 Å². The Balaban J connectivity index is 1.72. The van der Waals surface area contributed by atoms with Gasteiger partial charge in [-0.3, -0.25) is 4.79 Å². The molecule has 1 unspecified atom stereocenters. The van der Waals surface area contributed by atoms with Crippen LogP contribution in [0.25, 0.3) is 0 Å². The minimum Gasteiger partial charge on any atom is -0.495 e. The number of amides is 1. The van der Waals surface area contributed by atoms with E-state index in [1.165, 1.54) is 12.8 Å². The average Bonchev–Trinajstić information content (AvgIpc) is 2.62. The van der Waals surface area contributed by atoms with E-state index in [0.717, 1.165) is 18.9 Å². The van der Waals surface area contributed by atoms with E-state index in [-0.39, 0.29) is 5.91 Å². The third-order valence-electron chi connectivity index (χ3n) is 4.40. The quantitative estimate of drug-likeness (QED) is 0.887. The number of hydrogen-bond donors (Lipinski definition) is 1. The normalized spacial score (nSPS) is 17.2. The fourth-order valence-electron chi connectivity index (χ4n) is 3.08. The molecule has 25 heavy (non-hydrogen) atoms. The first kappa shape index (κ1) is 17.5. The van der Waals surface area contributed by atoms with E-state index < -0.39 is 0 Å². The molecule has 132 valence electrons. The lowest BCUT2D eigenvalue weighted by atomic mass is 10.0. The molecular formula is C19H22ClN3O2. The Morgan fingerprint density at radius 1 is 1.36 bits per heavy atom. The lowest BCUT2D eigenvalue weighted by Gasteiger charge is -2.31. The number of nitrogens with one attached hydrogen (secondary N) is 1. The molecule has 1 aromatic heterocycles. The first-order chi connectivity index (χ1) is 12.1. The molecule has 0 bridgehead atoms. The van der Waals surface area contributed by atoms with Gasteiger partial charge in [-0.15, -0.1) is 0 Å². The second-order valence-corrected chi connectivity index (χ2v) is 6.83. The van der Waals surface area contributed by atoms with E-state index >= 15 is 0 Å². The number of piperidine rings is 1. The van der Waals surface area contributed by atoms with Crippen molar-refractivity contribution in [2.24, 2.45) is 5.92 Å². The maximum absolute atomic E-state index is 12.5. The molecule has 2 aromatic rings. The minimum atomic E-state index is -0.244. The van der Waals surface area contributed by atoms with Crippen molar-refractivity contribution < 1.29 is 9.53 Å². The number of hydrogen-bond acceptors (Lipinski definition) is 4. The van der Waals surface area contributed by atoms with Crippen molar-refractivity contribution in [3.63, 3.8) is 0 Å². The van der Waals surface area contributed by atoms with Gasteiger partial charge in [-0.05, 0) is 49.1 Å². The molecule has 1 saturated heterocycles. The van der Waals surface area contributed by atoms with Crippen molar-refractivity contribution in [1.29, 1.82) is 0 Å². The number of methoxy groups -OCH3 is 1. The number of rotatable bonds is 4. The summed E-state index contributed by atoms with van der Waals surface area (Å²) >= 11 is 6.00. The van der Waals surface area contributed by atoms with Crippen LogP contribution in [0.2, 0.25) is 5.02 Å². The monoisotopic (exact) mass is 359 g/mol. The number of anilines is 2. The van der Waals surface area contributed by atoms with Gasteiger partial charge in [0.25, 0.3) is 5.91 Å². The zero-order valence-electron chi connectivity index (χ0n) is 14.5. The molecule has 1 aromatic carbocycles. The van der Waals surface area contributed by atoms with Gasteiger partial charge in [-0.2, -0.15) is 0 Å². The smallest absolute Gasteiger partial charge is 0.257 e. The Morgan fingerprint density at radius 3 is 2.88 bits per heavy atom. The molecule has 0 spiro atoms. The van der Waals surface area contributed by atoms with Crippen LogP contribution in [0, 0.1) is 5.92 Å². The molecular weight excluding hydrogens is 338 g/mol. The average molecular weight is 360 g/mol. The highest BCUT2D eigenvalue weighted by Gasteiger charge is 2.18. The number of nitrogens with zero attached hydrogens (tertiary/aromatic N) is 2. The molecule has 1 aliphatic rings. The maximum Gasteiger partial charge on any atom is 0.257 e. The van der Waals surface area contributed by atoms with Crippen LogP contribution < -0.4 is 15.0 Å². The Kier molecular flexibility index (Phi) is 5.43. The number of carbonyl (C=O) groups excluding carboxylic acids is 1. The van der Waals surface area contributed by atoms with Gasteiger partial charge in [0.1, 0.15) is 11.6 Å². The zero-order valence-corrected chi connectivity index (χ0v) is 15.2. The van der Waals surface area contributed by atoms with Gasteiger partial charge in [0.15, 0.2) is 0 Å². The maximum atomic E-state index is 12.5. The molecule has 1 amide bonds. The third kappa shape index (κ3) is 4.23. The summed E-state index contributed by atoms with van der Waals surface area (Å²) in [7, 11) is 1.55. The Hall–Kier alpha value is -2.27. The summed E-state index contributed by atoms with van der Waals surface area (Å²) in [5.41, 5.74) is 1.03. The Labute approximate surface area is 153 Å². The lowest BCUT2D eigenvalue weighted by Crippen LogP contribution is -2.34. The van der Waals surface area contributed by atoms with E-state index in [0.29, 0.717) is 27.9 Å². The van der Waals surface area contributed by atoms with Gasteiger partial charge in [-0.1, -0.05) is 18.5 Å². The van der Waals surface area contributed by atoms with Crippen molar-refractivity contribution in [3.05, 3.63) is 47.1 Å². The number of carbonyl (C=O) groups is 1. The van der Waals surface area contributed by atoms with Crippen molar-refractivity contribution in [2.75, 3.05) is 30.4 Å². The van der Waals surface area contributed by atoms with Crippen LogP contribution in [-0.4, -0.2) is 31.1 Å². The van der Waals surface area contributed by atoms with Crippen molar-refractivity contribution in [1.82, 2.24) is 4.98 Å². The largest absolute Gasteiger partial charge is 0.495 e. The molecule has 1 aliphatic heterocycles. The fraction of sp³-hybridized carbons (Fsp3) is 0.368. The zero-order chi connectivity index (χ0) is 17.8. The van der Waals surface area contributed by atoms with Crippen LogP contribution in [-0.2, 0) is 0 Å². The number of halogens is 1. The summed E-state index contributed by atoms with van der Waals surface area (Å²) in [5.74, 6) is 1.91. The molecule has 1 atom stereocenters. The summed E-state index contributed by atoms with van der Waals surface area (Å²) in [5, 5.41) is 3.35. The highest BCUT2D eigenvalue weighted by Crippen LogP contribution is 2.28. The van der Waals surface area contributed by atoms with Crippen molar-refractivity contribution in [3.8, 4) is 5.75 Å². The minimum absolute atomic E-state index is 0.244. The highest BCUT2D eigenvalue weighted by atomic mass is 35.5. The van der Waals surface area contributed by atoms with Crippen LogP contribution in [0.1, 0.15) is 30.1 Å². The van der Waals surface area contributed by atoms with E-state index in [9.17, 15) is 4.79 Å². The van der Waals surface area contributed by atoms with Crippen LogP contribution >= 0.6 is 11.6 Å². The molecule has 5 nitrogen and oxygen atoms in total.